The Morgan fingerprint density at radius 3 is 3.06 bits per heavy atom. The van der Waals surface area contributed by atoms with E-state index in [1.807, 2.05) is 0 Å². The first-order valence-electron chi connectivity index (χ1n) is 5.12. The Labute approximate surface area is 97.7 Å². The summed E-state index contributed by atoms with van der Waals surface area (Å²) in [6.07, 6.45) is 2.71. The van der Waals surface area contributed by atoms with E-state index in [-0.39, 0.29) is 17.9 Å². The van der Waals surface area contributed by atoms with E-state index in [2.05, 4.69) is 4.98 Å². The van der Waals surface area contributed by atoms with Crippen molar-refractivity contribution in [1.82, 2.24) is 4.98 Å². The maximum atomic E-state index is 11.5. The largest absolute Gasteiger partial charge is 0.505 e. The average molecular weight is 233 g/mol. The van der Waals surface area contributed by atoms with Gasteiger partial charge in [-0.05, 0) is 25.1 Å². The highest BCUT2D eigenvalue weighted by Crippen LogP contribution is 2.24. The number of hydrogen-bond acceptors (Lipinski definition) is 5. The normalized spacial score (nSPS) is 10.2. The molecule has 5 heteroatoms. The quantitative estimate of drug-likeness (QED) is 0.823. The van der Waals surface area contributed by atoms with Crippen LogP contribution in [0.1, 0.15) is 17.3 Å². The molecule has 2 heterocycles. The lowest BCUT2D eigenvalue weighted by Crippen LogP contribution is -2.05. The number of rotatable bonds is 3. The molecule has 0 fully saturated rings. The van der Waals surface area contributed by atoms with E-state index in [9.17, 15) is 9.90 Å². The van der Waals surface area contributed by atoms with Crippen LogP contribution in [0.2, 0.25) is 0 Å². The molecule has 17 heavy (non-hydrogen) atoms. The lowest BCUT2D eigenvalue weighted by atomic mass is 10.2. The summed E-state index contributed by atoms with van der Waals surface area (Å²) in [5, 5.41) is 9.54. The van der Waals surface area contributed by atoms with Crippen molar-refractivity contribution < 1.29 is 19.1 Å². The van der Waals surface area contributed by atoms with Gasteiger partial charge in [-0.15, -0.1) is 0 Å². The highest BCUT2D eigenvalue weighted by Gasteiger charge is 2.15. The molecular weight excluding hydrogens is 222 g/mol. The summed E-state index contributed by atoms with van der Waals surface area (Å²) < 4.78 is 9.98. The molecule has 0 saturated heterocycles. The van der Waals surface area contributed by atoms with Crippen LogP contribution in [0.25, 0.3) is 11.5 Å². The number of aromatic nitrogens is 1. The highest BCUT2D eigenvalue weighted by atomic mass is 16.5. The summed E-state index contributed by atoms with van der Waals surface area (Å²) in [5.74, 6) is -0.269. The van der Waals surface area contributed by atoms with Crippen LogP contribution in [-0.4, -0.2) is 22.7 Å². The number of carbonyl (C=O) groups is 1. The number of carbonyl (C=O) groups excluding carboxylic acids is 1. The Morgan fingerprint density at radius 2 is 2.41 bits per heavy atom. The van der Waals surface area contributed by atoms with Gasteiger partial charge in [-0.25, -0.2) is 9.78 Å². The Morgan fingerprint density at radius 1 is 1.59 bits per heavy atom. The number of esters is 1. The second kappa shape index (κ2) is 4.69. The Kier molecular flexibility index (Phi) is 3.09. The molecule has 2 aromatic rings. The van der Waals surface area contributed by atoms with E-state index >= 15 is 0 Å². The van der Waals surface area contributed by atoms with Crippen LogP contribution in [0.5, 0.6) is 5.75 Å². The number of aromatic hydroxyl groups is 1. The number of nitrogens with zero attached hydrogens (tertiary/aromatic N) is 1. The van der Waals surface area contributed by atoms with Gasteiger partial charge >= 0.3 is 5.97 Å². The molecule has 0 aliphatic heterocycles. The molecule has 0 aromatic carbocycles. The van der Waals surface area contributed by atoms with E-state index in [1.165, 1.54) is 18.5 Å². The SMILES string of the molecule is CCOC(=O)c1cc(-c2ccco2)ncc1O. The molecule has 0 aliphatic rings. The van der Waals surface area contributed by atoms with Gasteiger partial charge < -0.3 is 14.3 Å². The van der Waals surface area contributed by atoms with E-state index in [4.69, 9.17) is 9.15 Å². The first-order valence-corrected chi connectivity index (χ1v) is 5.12. The lowest BCUT2D eigenvalue weighted by molar-refractivity contribution is 0.0523. The minimum atomic E-state index is -0.583. The van der Waals surface area contributed by atoms with Gasteiger partial charge in [-0.3, -0.25) is 0 Å². The third-order valence-electron chi connectivity index (χ3n) is 2.15. The maximum Gasteiger partial charge on any atom is 0.342 e. The van der Waals surface area contributed by atoms with Crippen LogP contribution < -0.4 is 0 Å². The second-order valence-electron chi connectivity index (χ2n) is 3.28. The summed E-state index contributed by atoms with van der Waals surface area (Å²) in [5.41, 5.74) is 0.545. The van der Waals surface area contributed by atoms with Crippen molar-refractivity contribution in [3.63, 3.8) is 0 Å². The highest BCUT2D eigenvalue weighted by molar-refractivity contribution is 5.93. The molecule has 0 unspecified atom stereocenters. The van der Waals surface area contributed by atoms with Gasteiger partial charge in [-0.2, -0.15) is 0 Å². The molecule has 0 spiro atoms. The van der Waals surface area contributed by atoms with Crippen LogP contribution in [-0.2, 0) is 4.74 Å². The fourth-order valence-electron chi connectivity index (χ4n) is 1.38. The number of furan rings is 1. The van der Waals surface area contributed by atoms with Crippen molar-refractivity contribution in [2.75, 3.05) is 6.61 Å². The van der Waals surface area contributed by atoms with Crippen LogP contribution in [0.3, 0.4) is 0 Å². The number of hydrogen-bond donors (Lipinski definition) is 1. The molecule has 0 radical (unpaired) electrons. The summed E-state index contributed by atoms with van der Waals surface area (Å²) in [6.45, 7) is 1.94. The second-order valence-corrected chi connectivity index (χ2v) is 3.28. The zero-order valence-corrected chi connectivity index (χ0v) is 9.21. The maximum absolute atomic E-state index is 11.5. The summed E-state index contributed by atoms with van der Waals surface area (Å²) in [6, 6.07) is 4.87. The van der Waals surface area contributed by atoms with Gasteiger partial charge in [0, 0.05) is 0 Å². The molecule has 0 atom stereocenters. The Bertz CT molecular complexity index is 519. The molecule has 2 aromatic heterocycles. The molecule has 1 N–H and O–H groups in total. The van der Waals surface area contributed by atoms with Crippen molar-refractivity contribution in [3.05, 3.63) is 36.2 Å². The van der Waals surface area contributed by atoms with Crippen molar-refractivity contribution in [2.45, 2.75) is 6.92 Å². The van der Waals surface area contributed by atoms with Gasteiger partial charge in [0.25, 0.3) is 0 Å². The van der Waals surface area contributed by atoms with Gasteiger partial charge in [0.1, 0.15) is 17.0 Å². The summed E-state index contributed by atoms with van der Waals surface area (Å²) >= 11 is 0. The number of pyridine rings is 1. The Balaban J connectivity index is 2.39. The average Bonchev–Trinajstić information content (AvgIpc) is 2.83. The summed E-state index contributed by atoms with van der Waals surface area (Å²) in [7, 11) is 0. The zero-order chi connectivity index (χ0) is 12.3. The van der Waals surface area contributed by atoms with Crippen LogP contribution >= 0.6 is 0 Å². The monoisotopic (exact) mass is 233 g/mol. The Hall–Kier alpha value is -2.30. The molecular formula is C12H11NO4. The first-order chi connectivity index (χ1) is 8.22. The lowest BCUT2D eigenvalue weighted by Gasteiger charge is -2.05. The zero-order valence-electron chi connectivity index (χ0n) is 9.21. The van der Waals surface area contributed by atoms with Crippen LogP contribution in [0, 0.1) is 0 Å². The van der Waals surface area contributed by atoms with E-state index in [0.717, 1.165) is 0 Å². The molecule has 0 amide bonds. The van der Waals surface area contributed by atoms with Gasteiger partial charge in [-0.1, -0.05) is 0 Å². The molecule has 5 nitrogen and oxygen atoms in total. The molecule has 0 aliphatic carbocycles. The molecule has 0 saturated carbocycles. The summed E-state index contributed by atoms with van der Waals surface area (Å²) in [4.78, 5) is 15.5. The molecule has 2 rings (SSSR count). The van der Waals surface area contributed by atoms with E-state index in [0.29, 0.717) is 11.5 Å². The minimum absolute atomic E-state index is 0.0771. The van der Waals surface area contributed by atoms with Crippen molar-refractivity contribution >= 4 is 5.97 Å². The number of ether oxygens (including phenoxy) is 1. The van der Waals surface area contributed by atoms with Crippen molar-refractivity contribution in [2.24, 2.45) is 0 Å². The minimum Gasteiger partial charge on any atom is -0.505 e. The predicted molar refractivity (Wildman–Crippen MR) is 59.6 cm³/mol. The predicted octanol–water partition coefficient (Wildman–Crippen LogP) is 2.22. The van der Waals surface area contributed by atoms with Gasteiger partial charge in [0.05, 0.1) is 19.1 Å². The fraction of sp³-hybridized carbons (Fsp3) is 0.167. The third kappa shape index (κ3) is 2.28. The topological polar surface area (TPSA) is 72.6 Å². The van der Waals surface area contributed by atoms with Crippen LogP contribution in [0.4, 0.5) is 0 Å². The third-order valence-corrected chi connectivity index (χ3v) is 2.15. The molecule has 88 valence electrons. The molecule has 0 bridgehead atoms. The van der Waals surface area contributed by atoms with E-state index < -0.39 is 5.97 Å². The first kappa shape index (κ1) is 11.2. The standard InChI is InChI=1S/C12H11NO4/c1-2-16-12(15)8-6-9(13-7-10(8)14)11-4-3-5-17-11/h3-7,14H,2H2,1H3. The van der Waals surface area contributed by atoms with Crippen molar-refractivity contribution in [1.29, 1.82) is 0 Å². The van der Waals surface area contributed by atoms with Crippen molar-refractivity contribution in [3.8, 4) is 17.2 Å². The van der Waals surface area contributed by atoms with Gasteiger partial charge in [0.2, 0.25) is 0 Å². The van der Waals surface area contributed by atoms with Crippen LogP contribution in [0.15, 0.2) is 35.1 Å². The fourth-order valence-corrected chi connectivity index (χ4v) is 1.38. The van der Waals surface area contributed by atoms with Gasteiger partial charge in [0.15, 0.2) is 5.76 Å². The smallest absolute Gasteiger partial charge is 0.342 e. The van der Waals surface area contributed by atoms with E-state index in [1.54, 1.807) is 19.1 Å².